The van der Waals surface area contributed by atoms with Crippen LogP contribution in [0, 0.1) is 0 Å². The largest absolute Gasteiger partial charge is 0.481 e. The van der Waals surface area contributed by atoms with Crippen LogP contribution in [-0.4, -0.2) is 52.8 Å². The Hall–Kier alpha value is -4.14. The van der Waals surface area contributed by atoms with Crippen LogP contribution in [0.4, 0.5) is 10.7 Å². The van der Waals surface area contributed by atoms with Crippen LogP contribution >= 0.6 is 0 Å². The molecule has 0 bridgehead atoms. The molecule has 2 N–H and O–H groups in total. The fourth-order valence-electron chi connectivity index (χ4n) is 3.97. The first-order chi connectivity index (χ1) is 16.0. The van der Waals surface area contributed by atoms with Crippen molar-refractivity contribution in [2.75, 3.05) is 25.0 Å². The lowest BCUT2D eigenvalue weighted by molar-refractivity contribution is -0.137. The predicted octanol–water partition coefficient (Wildman–Crippen LogP) is 3.97. The van der Waals surface area contributed by atoms with Crippen molar-refractivity contribution in [3.05, 3.63) is 71.4 Å². The molecule has 0 atom stereocenters. The van der Waals surface area contributed by atoms with Crippen molar-refractivity contribution in [2.24, 2.45) is 0 Å². The Balaban J connectivity index is 1.37. The zero-order chi connectivity index (χ0) is 23.4. The summed E-state index contributed by atoms with van der Waals surface area (Å²) in [6, 6.07) is 17.3. The first kappa shape index (κ1) is 22.1. The highest BCUT2D eigenvalue weighted by Gasteiger charge is 2.29. The van der Waals surface area contributed by atoms with Crippen LogP contribution in [0.3, 0.4) is 0 Å². The molecular formula is C24H23N3O6. The van der Waals surface area contributed by atoms with Gasteiger partial charge in [-0.1, -0.05) is 53.7 Å². The highest BCUT2D eigenvalue weighted by Crippen LogP contribution is 2.44. The van der Waals surface area contributed by atoms with E-state index in [9.17, 15) is 14.4 Å². The monoisotopic (exact) mass is 449 g/mol. The Morgan fingerprint density at radius 2 is 1.73 bits per heavy atom. The molecule has 0 spiro atoms. The maximum Gasteiger partial charge on any atom is 0.414 e. The van der Waals surface area contributed by atoms with Crippen molar-refractivity contribution in [1.29, 1.82) is 0 Å². The van der Waals surface area contributed by atoms with E-state index in [1.807, 2.05) is 36.4 Å². The lowest BCUT2D eigenvalue weighted by Gasteiger charge is -2.18. The van der Waals surface area contributed by atoms with Gasteiger partial charge < -0.3 is 19.3 Å². The summed E-state index contributed by atoms with van der Waals surface area (Å²) in [7, 11) is 0. The summed E-state index contributed by atoms with van der Waals surface area (Å²) in [4.78, 5) is 36.9. The summed E-state index contributed by atoms with van der Waals surface area (Å²) in [5.41, 5.74) is 4.42. The zero-order valence-electron chi connectivity index (χ0n) is 18.0. The first-order valence-electron chi connectivity index (χ1n) is 10.6. The third-order valence-electron chi connectivity index (χ3n) is 5.56. The lowest BCUT2D eigenvalue weighted by atomic mass is 9.98. The number of carboxylic acids is 1. The maximum absolute atomic E-state index is 12.5. The molecule has 0 radical (unpaired) electrons. The second-order valence-corrected chi connectivity index (χ2v) is 7.56. The van der Waals surface area contributed by atoms with Gasteiger partial charge in [-0.05, 0) is 29.2 Å². The van der Waals surface area contributed by atoms with E-state index in [0.29, 0.717) is 6.54 Å². The Morgan fingerprint density at radius 1 is 1.09 bits per heavy atom. The number of carbonyl (C=O) groups excluding carboxylic acids is 2. The Bertz CT molecular complexity index is 1140. The van der Waals surface area contributed by atoms with Crippen molar-refractivity contribution < 1.29 is 28.8 Å². The van der Waals surface area contributed by atoms with E-state index in [2.05, 4.69) is 22.6 Å². The van der Waals surface area contributed by atoms with Crippen molar-refractivity contribution >= 4 is 23.9 Å². The van der Waals surface area contributed by atoms with Gasteiger partial charge in [-0.25, -0.2) is 4.79 Å². The van der Waals surface area contributed by atoms with Gasteiger partial charge in [0.15, 0.2) is 5.69 Å². The Morgan fingerprint density at radius 3 is 2.33 bits per heavy atom. The number of nitrogens with zero attached hydrogens (tertiary/aromatic N) is 2. The highest BCUT2D eigenvalue weighted by atomic mass is 16.6. The van der Waals surface area contributed by atoms with E-state index in [1.54, 1.807) is 6.92 Å². The molecule has 1 heterocycles. The van der Waals surface area contributed by atoms with Crippen molar-refractivity contribution in [3.8, 4) is 11.1 Å². The minimum absolute atomic E-state index is 0.0313. The maximum atomic E-state index is 12.5. The van der Waals surface area contributed by atoms with E-state index in [4.69, 9.17) is 14.4 Å². The van der Waals surface area contributed by atoms with Gasteiger partial charge in [0, 0.05) is 25.1 Å². The molecule has 170 valence electrons. The molecule has 2 amide bonds. The van der Waals surface area contributed by atoms with Crippen molar-refractivity contribution in [1.82, 2.24) is 10.1 Å². The van der Waals surface area contributed by atoms with Crippen LogP contribution in [0.1, 0.15) is 40.9 Å². The van der Waals surface area contributed by atoms with Gasteiger partial charge >= 0.3 is 12.1 Å². The third-order valence-corrected chi connectivity index (χ3v) is 5.56. The number of fused-ring (bicyclic) bond motifs is 3. The van der Waals surface area contributed by atoms with E-state index < -0.39 is 18.0 Å². The average molecular weight is 449 g/mol. The minimum atomic E-state index is -1.00. The number of carbonyl (C=O) groups is 3. The van der Waals surface area contributed by atoms with Gasteiger partial charge in [-0.15, -0.1) is 0 Å². The van der Waals surface area contributed by atoms with Gasteiger partial charge in [0.25, 0.3) is 5.91 Å². The second-order valence-electron chi connectivity index (χ2n) is 7.56. The predicted molar refractivity (Wildman–Crippen MR) is 119 cm³/mol. The molecule has 0 fully saturated rings. The summed E-state index contributed by atoms with van der Waals surface area (Å²) in [6.07, 6.45) is -0.910. The summed E-state index contributed by atoms with van der Waals surface area (Å²) in [5, 5.41) is 14.9. The zero-order valence-corrected chi connectivity index (χ0v) is 18.0. The molecular weight excluding hydrogens is 426 g/mol. The molecule has 1 aliphatic rings. The van der Waals surface area contributed by atoms with Gasteiger partial charge in [0.05, 0.1) is 6.42 Å². The van der Waals surface area contributed by atoms with Crippen molar-refractivity contribution in [3.63, 3.8) is 0 Å². The van der Waals surface area contributed by atoms with E-state index >= 15 is 0 Å². The fraction of sp³-hybridized carbons (Fsp3) is 0.250. The summed E-state index contributed by atoms with van der Waals surface area (Å²) in [6.45, 7) is 2.23. The smallest absolute Gasteiger partial charge is 0.414 e. The number of rotatable bonds is 8. The number of carboxylic acid groups (broad SMARTS) is 1. The fourth-order valence-corrected chi connectivity index (χ4v) is 3.97. The van der Waals surface area contributed by atoms with Crippen LogP contribution in [0.15, 0.2) is 59.1 Å². The van der Waals surface area contributed by atoms with Gasteiger partial charge in [-0.2, -0.15) is 0 Å². The number of hydrogen-bond acceptors (Lipinski definition) is 6. The summed E-state index contributed by atoms with van der Waals surface area (Å²) in [5.74, 6) is -1.60. The highest BCUT2D eigenvalue weighted by molar-refractivity contribution is 5.94. The quantitative estimate of drug-likeness (QED) is 0.533. The number of benzene rings is 2. The molecule has 0 unspecified atom stereocenters. The molecule has 4 rings (SSSR count). The minimum Gasteiger partial charge on any atom is -0.481 e. The lowest BCUT2D eigenvalue weighted by Crippen LogP contribution is -2.33. The van der Waals surface area contributed by atoms with Crippen LogP contribution in [0.5, 0.6) is 0 Å². The standard InChI is InChI=1S/C24H23N3O6/c1-2-27(12-11-22(28)29)23(30)20-13-21(33-26-20)25-24(31)32-14-19-17-9-5-3-7-15(17)16-8-4-6-10-18(16)19/h3-10,13,19H,2,11-12,14H2,1H3,(H,25,31)(H,28,29). The van der Waals surface area contributed by atoms with Crippen LogP contribution in [0.25, 0.3) is 11.1 Å². The number of hydrogen-bond donors (Lipinski definition) is 2. The molecule has 2 aromatic carbocycles. The van der Waals surface area contributed by atoms with Crippen LogP contribution < -0.4 is 5.32 Å². The van der Waals surface area contributed by atoms with Crippen LogP contribution in [-0.2, 0) is 9.53 Å². The molecule has 9 nitrogen and oxygen atoms in total. The Kier molecular flexibility index (Phi) is 6.39. The van der Waals surface area contributed by atoms with Gasteiger partial charge in [0.2, 0.25) is 5.88 Å². The number of nitrogens with one attached hydrogen (secondary N) is 1. The molecule has 0 saturated heterocycles. The summed E-state index contributed by atoms with van der Waals surface area (Å²) >= 11 is 0. The van der Waals surface area contributed by atoms with E-state index in [0.717, 1.165) is 22.3 Å². The van der Waals surface area contributed by atoms with Crippen LogP contribution in [0.2, 0.25) is 0 Å². The average Bonchev–Trinajstić information content (AvgIpc) is 3.40. The molecule has 0 aliphatic heterocycles. The summed E-state index contributed by atoms with van der Waals surface area (Å²) < 4.78 is 10.5. The number of aliphatic carboxylic acids is 1. The molecule has 9 heteroatoms. The van der Waals surface area contributed by atoms with Gasteiger partial charge in [0.1, 0.15) is 6.61 Å². The molecule has 0 saturated carbocycles. The molecule has 1 aromatic heterocycles. The molecule has 33 heavy (non-hydrogen) atoms. The number of ether oxygens (including phenoxy) is 1. The molecule has 1 aliphatic carbocycles. The molecule has 3 aromatic rings. The number of aromatic nitrogens is 1. The van der Waals surface area contributed by atoms with E-state index in [1.165, 1.54) is 11.0 Å². The van der Waals surface area contributed by atoms with E-state index in [-0.39, 0.29) is 37.1 Å². The SMILES string of the molecule is CCN(CCC(=O)O)C(=O)c1cc(NC(=O)OCC2c3ccccc3-c3ccccc32)on1. The second kappa shape index (κ2) is 9.56. The van der Waals surface area contributed by atoms with Crippen molar-refractivity contribution in [2.45, 2.75) is 19.3 Å². The van der Waals surface area contributed by atoms with Gasteiger partial charge in [-0.3, -0.25) is 14.9 Å². The number of anilines is 1. The number of amides is 2. The topological polar surface area (TPSA) is 122 Å². The normalized spacial score (nSPS) is 12.0. The third kappa shape index (κ3) is 4.72. The Labute approximate surface area is 189 Å². The first-order valence-corrected chi connectivity index (χ1v) is 10.6.